The minimum absolute atomic E-state index is 0.203. The first-order valence-electron chi connectivity index (χ1n) is 8.53. The molecule has 0 aliphatic heterocycles. The van der Waals surface area contributed by atoms with Gasteiger partial charge in [-0.15, -0.1) is 0 Å². The Morgan fingerprint density at radius 1 is 0.920 bits per heavy atom. The molecule has 0 aliphatic rings. The zero-order valence-electron chi connectivity index (χ0n) is 14.9. The maximum absolute atomic E-state index is 12.9. The van der Waals surface area contributed by atoms with Crippen molar-refractivity contribution in [2.45, 2.75) is 19.3 Å². The molecule has 0 radical (unpaired) electrons. The Kier molecular flexibility index (Phi) is 7.76. The number of benzene rings is 2. The number of hydrogen-bond donors (Lipinski definition) is 2. The lowest BCUT2D eigenvalue weighted by atomic mass is 10.1. The molecule has 0 bridgehead atoms. The van der Waals surface area contributed by atoms with Crippen molar-refractivity contribution in [1.82, 2.24) is 10.6 Å². The molecule has 2 rings (SSSR count). The van der Waals surface area contributed by atoms with Crippen LogP contribution in [0.4, 0.5) is 4.39 Å². The van der Waals surface area contributed by atoms with Crippen LogP contribution in [0.15, 0.2) is 53.5 Å². The Bertz CT molecular complexity index is 654. The third-order valence-electron chi connectivity index (χ3n) is 3.94. The third-order valence-corrected chi connectivity index (χ3v) is 3.94. The van der Waals surface area contributed by atoms with E-state index >= 15 is 0 Å². The molecule has 0 spiro atoms. The first-order valence-corrected chi connectivity index (χ1v) is 8.53. The molecule has 0 atom stereocenters. The lowest BCUT2D eigenvalue weighted by molar-refractivity contribution is 0.414. The number of ether oxygens (including phenoxy) is 1. The summed E-state index contributed by atoms with van der Waals surface area (Å²) in [6, 6.07) is 14.7. The fourth-order valence-electron chi connectivity index (χ4n) is 2.49. The lowest BCUT2D eigenvalue weighted by Crippen LogP contribution is -2.38. The molecule has 2 aromatic rings. The van der Waals surface area contributed by atoms with E-state index in [-0.39, 0.29) is 5.82 Å². The molecule has 134 valence electrons. The highest BCUT2D eigenvalue weighted by Crippen LogP contribution is 2.12. The number of guanidine groups is 1. The number of nitrogens with one attached hydrogen (secondary N) is 2. The summed E-state index contributed by atoms with van der Waals surface area (Å²) in [5.74, 6) is 1.47. The van der Waals surface area contributed by atoms with Gasteiger partial charge < -0.3 is 15.4 Å². The van der Waals surface area contributed by atoms with E-state index in [2.05, 4.69) is 27.8 Å². The van der Waals surface area contributed by atoms with Crippen molar-refractivity contribution < 1.29 is 9.13 Å². The summed E-state index contributed by atoms with van der Waals surface area (Å²) in [6.07, 6.45) is 2.85. The summed E-state index contributed by atoms with van der Waals surface area (Å²) < 4.78 is 18.0. The summed E-state index contributed by atoms with van der Waals surface area (Å²) in [4.78, 5) is 4.22. The normalized spacial score (nSPS) is 11.2. The van der Waals surface area contributed by atoms with Gasteiger partial charge in [0.15, 0.2) is 5.96 Å². The van der Waals surface area contributed by atoms with Crippen LogP contribution in [0.2, 0.25) is 0 Å². The van der Waals surface area contributed by atoms with E-state index in [1.807, 2.05) is 24.3 Å². The Balaban J connectivity index is 1.63. The highest BCUT2D eigenvalue weighted by atomic mass is 19.1. The molecular formula is C20H26FN3O. The molecule has 2 N–H and O–H groups in total. The average molecular weight is 343 g/mol. The maximum Gasteiger partial charge on any atom is 0.190 e. The Labute approximate surface area is 149 Å². The summed E-state index contributed by atoms with van der Waals surface area (Å²) in [5.41, 5.74) is 2.39. The Hall–Kier alpha value is -2.56. The monoisotopic (exact) mass is 343 g/mol. The van der Waals surface area contributed by atoms with Gasteiger partial charge in [0.25, 0.3) is 0 Å². The van der Waals surface area contributed by atoms with E-state index in [1.165, 1.54) is 17.7 Å². The zero-order chi connectivity index (χ0) is 17.9. The fourth-order valence-corrected chi connectivity index (χ4v) is 2.49. The van der Waals surface area contributed by atoms with Crippen LogP contribution in [0.3, 0.4) is 0 Å². The molecule has 25 heavy (non-hydrogen) atoms. The van der Waals surface area contributed by atoms with E-state index < -0.39 is 0 Å². The number of nitrogens with zero attached hydrogens (tertiary/aromatic N) is 1. The van der Waals surface area contributed by atoms with Gasteiger partial charge in [0, 0.05) is 20.1 Å². The molecule has 0 aliphatic carbocycles. The fraction of sp³-hybridized carbons (Fsp3) is 0.350. The van der Waals surface area contributed by atoms with Crippen molar-refractivity contribution >= 4 is 5.96 Å². The van der Waals surface area contributed by atoms with Gasteiger partial charge in [-0.25, -0.2) is 4.39 Å². The topological polar surface area (TPSA) is 45.7 Å². The summed E-state index contributed by atoms with van der Waals surface area (Å²) in [5, 5.41) is 6.59. The highest BCUT2D eigenvalue weighted by Gasteiger charge is 1.99. The number of hydrogen-bond acceptors (Lipinski definition) is 2. The number of halogens is 1. The molecule has 0 amide bonds. The van der Waals surface area contributed by atoms with Gasteiger partial charge in [-0.1, -0.05) is 24.3 Å². The van der Waals surface area contributed by atoms with Crippen molar-refractivity contribution in [1.29, 1.82) is 0 Å². The second kappa shape index (κ2) is 10.3. The quantitative estimate of drug-likeness (QED) is 0.440. The Morgan fingerprint density at radius 3 is 2.16 bits per heavy atom. The summed E-state index contributed by atoms with van der Waals surface area (Å²) in [7, 11) is 3.43. The maximum atomic E-state index is 12.9. The predicted molar refractivity (Wildman–Crippen MR) is 101 cm³/mol. The first-order chi connectivity index (χ1) is 12.2. The van der Waals surface area contributed by atoms with Crippen molar-refractivity contribution in [2.24, 2.45) is 4.99 Å². The number of methoxy groups -OCH3 is 1. The second-order valence-electron chi connectivity index (χ2n) is 5.75. The second-order valence-corrected chi connectivity index (χ2v) is 5.75. The van der Waals surface area contributed by atoms with Gasteiger partial charge in [0.1, 0.15) is 11.6 Å². The first kappa shape index (κ1) is 18.8. The standard InChI is InChI=1S/C20H26FN3O/c1-22-20(24-15-13-17-5-9-18(21)10-6-17)23-14-3-4-16-7-11-19(25-2)12-8-16/h5-12H,3-4,13-15H2,1-2H3,(H2,22,23,24). The van der Waals surface area contributed by atoms with Crippen LogP contribution < -0.4 is 15.4 Å². The molecule has 2 aromatic carbocycles. The molecule has 0 unspecified atom stereocenters. The summed E-state index contributed by atoms with van der Waals surface area (Å²) >= 11 is 0. The van der Waals surface area contributed by atoms with E-state index in [4.69, 9.17) is 4.74 Å². The molecule has 4 nitrogen and oxygen atoms in total. The number of aryl methyl sites for hydroxylation is 1. The zero-order valence-corrected chi connectivity index (χ0v) is 14.9. The van der Waals surface area contributed by atoms with Crippen LogP contribution in [0.1, 0.15) is 17.5 Å². The van der Waals surface area contributed by atoms with Gasteiger partial charge in [-0.2, -0.15) is 0 Å². The molecule has 0 saturated heterocycles. The predicted octanol–water partition coefficient (Wildman–Crippen LogP) is 3.17. The molecule has 0 fully saturated rings. The van der Waals surface area contributed by atoms with Crippen molar-refractivity contribution in [2.75, 3.05) is 27.2 Å². The van der Waals surface area contributed by atoms with Crippen LogP contribution >= 0.6 is 0 Å². The average Bonchev–Trinajstić information content (AvgIpc) is 2.65. The molecule has 0 saturated carbocycles. The van der Waals surface area contributed by atoms with Crippen LogP contribution in [-0.4, -0.2) is 33.2 Å². The molecular weight excluding hydrogens is 317 g/mol. The van der Waals surface area contributed by atoms with Crippen LogP contribution in [-0.2, 0) is 12.8 Å². The SMILES string of the molecule is CN=C(NCCCc1ccc(OC)cc1)NCCc1ccc(F)cc1. The van der Waals surface area contributed by atoms with Gasteiger partial charge in [0.2, 0.25) is 0 Å². The molecule has 5 heteroatoms. The van der Waals surface area contributed by atoms with Crippen LogP contribution in [0, 0.1) is 5.82 Å². The number of rotatable bonds is 8. The Morgan fingerprint density at radius 2 is 1.52 bits per heavy atom. The van der Waals surface area contributed by atoms with Gasteiger partial charge in [-0.3, -0.25) is 4.99 Å². The summed E-state index contributed by atoms with van der Waals surface area (Å²) in [6.45, 7) is 1.60. The smallest absolute Gasteiger partial charge is 0.190 e. The minimum atomic E-state index is -0.203. The van der Waals surface area contributed by atoms with Gasteiger partial charge in [-0.05, 0) is 54.7 Å². The van der Waals surface area contributed by atoms with Crippen molar-refractivity contribution in [3.8, 4) is 5.75 Å². The highest BCUT2D eigenvalue weighted by molar-refractivity contribution is 5.79. The molecule has 0 aromatic heterocycles. The molecule has 0 heterocycles. The van der Waals surface area contributed by atoms with Crippen molar-refractivity contribution in [3.05, 3.63) is 65.5 Å². The van der Waals surface area contributed by atoms with Crippen LogP contribution in [0.25, 0.3) is 0 Å². The minimum Gasteiger partial charge on any atom is -0.497 e. The van der Waals surface area contributed by atoms with Crippen molar-refractivity contribution in [3.63, 3.8) is 0 Å². The van der Waals surface area contributed by atoms with E-state index in [0.29, 0.717) is 0 Å². The van der Waals surface area contributed by atoms with E-state index in [1.54, 1.807) is 14.2 Å². The lowest BCUT2D eigenvalue weighted by Gasteiger charge is -2.12. The van der Waals surface area contributed by atoms with Gasteiger partial charge >= 0.3 is 0 Å². The third kappa shape index (κ3) is 6.83. The van der Waals surface area contributed by atoms with Crippen LogP contribution in [0.5, 0.6) is 5.75 Å². The number of aliphatic imine (C=N–C) groups is 1. The van der Waals surface area contributed by atoms with E-state index in [9.17, 15) is 4.39 Å². The van der Waals surface area contributed by atoms with Gasteiger partial charge in [0.05, 0.1) is 7.11 Å². The van der Waals surface area contributed by atoms with E-state index in [0.717, 1.165) is 49.6 Å². The largest absolute Gasteiger partial charge is 0.497 e.